The first-order valence-electron chi connectivity index (χ1n) is 16.0. The lowest BCUT2D eigenvalue weighted by Gasteiger charge is -2.35. The highest BCUT2D eigenvalue weighted by atomic mass is 32.2. The first-order chi connectivity index (χ1) is 22.7. The van der Waals surface area contributed by atoms with Crippen molar-refractivity contribution in [2.45, 2.75) is 77.2 Å². The molecule has 3 amide bonds. The van der Waals surface area contributed by atoms with Crippen LogP contribution in [0, 0.1) is 19.8 Å². The van der Waals surface area contributed by atoms with E-state index in [2.05, 4.69) is 20.2 Å². The Morgan fingerprint density at radius 1 is 1.23 bits per heavy atom. The molecule has 2 aromatic heterocycles. The van der Waals surface area contributed by atoms with Gasteiger partial charge in [-0.05, 0) is 65.2 Å². The van der Waals surface area contributed by atoms with Crippen LogP contribution in [0.1, 0.15) is 61.8 Å². The lowest BCUT2D eigenvalue weighted by Crippen LogP contribution is -2.48. The molecule has 0 saturated carbocycles. The average molecular weight is 690 g/mol. The van der Waals surface area contributed by atoms with Crippen molar-refractivity contribution in [3.8, 4) is 5.75 Å². The summed E-state index contributed by atoms with van der Waals surface area (Å²) in [6.45, 7) is 9.54. The lowest BCUT2D eigenvalue weighted by atomic mass is 10.0. The van der Waals surface area contributed by atoms with Gasteiger partial charge < -0.3 is 38.8 Å². The molecule has 3 N–H and O–H groups in total. The summed E-state index contributed by atoms with van der Waals surface area (Å²) in [7, 11) is -0.711. The Kier molecular flexibility index (Phi) is 12.1. The molecule has 3 aromatic rings. The standard InChI is InChI=1S/C32H47N7O8S/c1-20-15-39(21(2)18-40)31(41)26-14-25(36-48(43,44)29-17-37(6)19-33-29)11-12-27(26)46-22(3)10-8-9-13-45-28(20)16-38(7)32(42)34-30-23(4)35-47-24(30)5/h11-12,14,17,19-22,28,36,40H,8-10,13,15-16,18H2,1-7H3,(H,34,42)/t20-,21+,22-,28-/m1/s1. The fourth-order valence-electron chi connectivity index (χ4n) is 5.40. The first kappa shape index (κ1) is 36.7. The van der Waals surface area contributed by atoms with Gasteiger partial charge >= 0.3 is 6.03 Å². The molecule has 0 bridgehead atoms. The van der Waals surface area contributed by atoms with E-state index in [1.807, 2.05) is 13.8 Å². The number of likely N-dealkylation sites (N-methyl/N-ethyl adjacent to an activating group) is 1. The summed E-state index contributed by atoms with van der Waals surface area (Å²) < 4.78 is 47.9. The maximum Gasteiger partial charge on any atom is 0.321 e. The normalized spacial score (nSPS) is 20.3. The smallest absolute Gasteiger partial charge is 0.321 e. The SMILES string of the molecule is Cc1noc(C)c1NC(=O)N(C)C[C@H]1OCCCC[C@@H](C)Oc2ccc(NS(=O)(=O)c3cn(C)cn3)cc2C(=O)N([C@@H](C)CO)C[C@H]1C. The third kappa shape index (κ3) is 9.05. The summed E-state index contributed by atoms with van der Waals surface area (Å²) in [4.78, 5) is 34.5. The fraction of sp³-hybridized carbons (Fsp3) is 0.562. The maximum atomic E-state index is 14.3. The number of urea groups is 1. The summed E-state index contributed by atoms with van der Waals surface area (Å²) in [5, 5.41) is 16.8. The number of nitrogens with one attached hydrogen (secondary N) is 2. The Balaban J connectivity index is 1.63. The van der Waals surface area contributed by atoms with Crippen LogP contribution in [0.3, 0.4) is 0 Å². The summed E-state index contributed by atoms with van der Waals surface area (Å²) in [5.41, 5.74) is 1.37. The monoisotopic (exact) mass is 689 g/mol. The number of nitrogens with zero attached hydrogens (tertiary/aromatic N) is 5. The lowest BCUT2D eigenvalue weighted by molar-refractivity contribution is -0.0115. The van der Waals surface area contributed by atoms with Gasteiger partial charge in [0.15, 0.2) is 10.8 Å². The molecular weight excluding hydrogens is 642 g/mol. The van der Waals surface area contributed by atoms with E-state index < -0.39 is 28.1 Å². The van der Waals surface area contributed by atoms with E-state index in [0.717, 1.165) is 12.8 Å². The zero-order valence-electron chi connectivity index (χ0n) is 28.6. The second-order valence-electron chi connectivity index (χ2n) is 12.5. The maximum absolute atomic E-state index is 14.3. The van der Waals surface area contributed by atoms with E-state index in [-0.39, 0.29) is 54.0 Å². The van der Waals surface area contributed by atoms with Crippen molar-refractivity contribution >= 4 is 33.3 Å². The molecule has 15 nitrogen and oxygen atoms in total. The predicted octanol–water partition coefficient (Wildman–Crippen LogP) is 3.79. The van der Waals surface area contributed by atoms with Crippen LogP contribution in [-0.2, 0) is 21.8 Å². The van der Waals surface area contributed by atoms with Crippen LogP contribution >= 0.6 is 0 Å². The molecule has 0 radical (unpaired) electrons. The molecule has 3 heterocycles. The number of aliphatic hydroxyl groups excluding tert-OH is 1. The molecule has 0 saturated heterocycles. The topological polar surface area (TPSA) is 181 Å². The molecule has 0 fully saturated rings. The van der Waals surface area contributed by atoms with Gasteiger partial charge in [-0.15, -0.1) is 0 Å². The number of aromatic nitrogens is 3. The minimum Gasteiger partial charge on any atom is -0.490 e. The number of benzene rings is 1. The number of carbonyl (C=O) groups excluding carboxylic acids is 2. The molecule has 0 spiro atoms. The molecule has 0 aliphatic carbocycles. The van der Waals surface area contributed by atoms with Crippen molar-refractivity contribution in [3.63, 3.8) is 0 Å². The van der Waals surface area contributed by atoms with Crippen molar-refractivity contribution in [2.75, 3.05) is 43.4 Å². The number of fused-ring (bicyclic) bond motifs is 1. The molecule has 0 unspecified atom stereocenters. The second kappa shape index (κ2) is 15.8. The van der Waals surface area contributed by atoms with Crippen LogP contribution in [0.25, 0.3) is 0 Å². The van der Waals surface area contributed by atoms with Gasteiger partial charge in [0, 0.05) is 51.6 Å². The van der Waals surface area contributed by atoms with E-state index in [0.29, 0.717) is 35.9 Å². The summed E-state index contributed by atoms with van der Waals surface area (Å²) in [6.07, 6.45) is 4.27. The number of ether oxygens (including phenoxy) is 2. The van der Waals surface area contributed by atoms with Crippen LogP contribution in [0.5, 0.6) is 5.75 Å². The molecule has 1 aliphatic rings. The number of aliphatic hydroxyl groups is 1. The number of imidazole rings is 1. The third-order valence-electron chi connectivity index (χ3n) is 8.33. The minimum atomic E-state index is -4.04. The van der Waals surface area contributed by atoms with Crippen LogP contribution < -0.4 is 14.8 Å². The molecule has 4 atom stereocenters. The van der Waals surface area contributed by atoms with Crippen molar-refractivity contribution in [2.24, 2.45) is 13.0 Å². The quantitative estimate of drug-likeness (QED) is 0.315. The van der Waals surface area contributed by atoms with Gasteiger partial charge in [0.2, 0.25) is 0 Å². The Morgan fingerprint density at radius 3 is 2.62 bits per heavy atom. The van der Waals surface area contributed by atoms with E-state index >= 15 is 0 Å². The number of anilines is 2. The summed E-state index contributed by atoms with van der Waals surface area (Å²) >= 11 is 0. The zero-order chi connectivity index (χ0) is 35.2. The van der Waals surface area contributed by atoms with Crippen molar-refractivity contribution in [1.82, 2.24) is 24.5 Å². The number of aryl methyl sites for hydroxylation is 3. The highest BCUT2D eigenvalue weighted by Gasteiger charge is 2.31. The van der Waals surface area contributed by atoms with Crippen molar-refractivity contribution in [1.29, 1.82) is 0 Å². The Bertz CT molecular complexity index is 1650. The van der Waals surface area contributed by atoms with E-state index in [1.54, 1.807) is 40.9 Å². The predicted molar refractivity (Wildman–Crippen MR) is 179 cm³/mol. The van der Waals surface area contributed by atoms with E-state index in [9.17, 15) is 23.1 Å². The number of sulfonamides is 1. The van der Waals surface area contributed by atoms with E-state index in [4.69, 9.17) is 14.0 Å². The number of carbonyl (C=O) groups is 2. The van der Waals surface area contributed by atoms with Crippen LogP contribution in [-0.4, -0.2) is 102 Å². The highest BCUT2D eigenvalue weighted by Crippen LogP contribution is 2.29. The fourth-order valence-corrected chi connectivity index (χ4v) is 6.43. The molecule has 264 valence electrons. The zero-order valence-corrected chi connectivity index (χ0v) is 29.4. The van der Waals surface area contributed by atoms with Gasteiger partial charge in [0.05, 0.1) is 36.7 Å². The Labute approximate surface area is 281 Å². The van der Waals surface area contributed by atoms with Gasteiger partial charge in [-0.25, -0.2) is 9.78 Å². The molecule has 16 heteroatoms. The molecule has 1 aliphatic heterocycles. The van der Waals surface area contributed by atoms with Gasteiger partial charge in [0.1, 0.15) is 17.1 Å². The Hall–Kier alpha value is -4.15. The minimum absolute atomic E-state index is 0.140. The van der Waals surface area contributed by atoms with Crippen LogP contribution in [0.4, 0.5) is 16.2 Å². The van der Waals surface area contributed by atoms with Gasteiger partial charge in [0.25, 0.3) is 15.9 Å². The molecule has 48 heavy (non-hydrogen) atoms. The molecular formula is C32H47N7O8S. The van der Waals surface area contributed by atoms with Crippen molar-refractivity contribution in [3.05, 3.63) is 47.7 Å². The second-order valence-corrected chi connectivity index (χ2v) is 14.1. The summed E-state index contributed by atoms with van der Waals surface area (Å²) in [5.74, 6) is 0.0611. The first-order valence-corrected chi connectivity index (χ1v) is 17.5. The average Bonchev–Trinajstić information content (AvgIpc) is 3.63. The van der Waals surface area contributed by atoms with Gasteiger partial charge in [-0.3, -0.25) is 9.52 Å². The number of hydrogen-bond donors (Lipinski definition) is 3. The number of hydrogen-bond acceptors (Lipinski definition) is 10. The van der Waals surface area contributed by atoms with Gasteiger partial charge in [-0.2, -0.15) is 8.42 Å². The number of rotatable bonds is 8. The Morgan fingerprint density at radius 2 is 1.98 bits per heavy atom. The van der Waals surface area contributed by atoms with Crippen LogP contribution in [0.2, 0.25) is 0 Å². The van der Waals surface area contributed by atoms with E-state index in [1.165, 1.54) is 39.0 Å². The van der Waals surface area contributed by atoms with Crippen molar-refractivity contribution < 1.29 is 37.1 Å². The number of amides is 3. The third-order valence-corrected chi connectivity index (χ3v) is 9.59. The van der Waals surface area contributed by atoms with Gasteiger partial charge in [-0.1, -0.05) is 12.1 Å². The summed E-state index contributed by atoms with van der Waals surface area (Å²) in [6, 6.07) is 3.60. The molecule has 4 rings (SSSR count). The van der Waals surface area contributed by atoms with Crippen LogP contribution in [0.15, 0.2) is 40.3 Å². The highest BCUT2D eigenvalue weighted by molar-refractivity contribution is 7.92. The largest absolute Gasteiger partial charge is 0.490 e. The molecule has 1 aromatic carbocycles.